The summed E-state index contributed by atoms with van der Waals surface area (Å²) in [5.41, 5.74) is 7.75. The van der Waals surface area contributed by atoms with Crippen molar-refractivity contribution in [2.24, 2.45) is 5.73 Å². The lowest BCUT2D eigenvalue weighted by Gasteiger charge is -2.30. The quantitative estimate of drug-likeness (QED) is 0.722. The van der Waals surface area contributed by atoms with Gasteiger partial charge in [0, 0.05) is 19.1 Å². The van der Waals surface area contributed by atoms with Gasteiger partial charge in [-0.1, -0.05) is 0 Å². The summed E-state index contributed by atoms with van der Waals surface area (Å²) in [6, 6.07) is 0.240. The molecule has 5 heteroatoms. The molecule has 1 aromatic rings. The van der Waals surface area contributed by atoms with E-state index in [0.29, 0.717) is 5.95 Å². The minimum Gasteiger partial charge on any atom is -0.338 e. The van der Waals surface area contributed by atoms with Crippen LogP contribution in [-0.2, 0) is 0 Å². The van der Waals surface area contributed by atoms with E-state index in [0.717, 1.165) is 37.3 Å². The molecule has 0 amide bonds. The van der Waals surface area contributed by atoms with Crippen LogP contribution in [0.4, 0.5) is 5.95 Å². The first-order chi connectivity index (χ1) is 7.16. The summed E-state index contributed by atoms with van der Waals surface area (Å²) in [7, 11) is 0. The average molecular weight is 207 g/mol. The third-order valence-corrected chi connectivity index (χ3v) is 2.82. The Labute approximate surface area is 89.7 Å². The number of hydrogen-bond donors (Lipinski definition) is 1. The fourth-order valence-electron chi connectivity index (χ4n) is 1.77. The highest BCUT2D eigenvalue weighted by molar-refractivity contribution is 5.30. The van der Waals surface area contributed by atoms with Gasteiger partial charge in [0.25, 0.3) is 0 Å². The lowest BCUT2D eigenvalue weighted by Crippen LogP contribution is -2.43. The molecule has 2 rings (SSSR count). The Balaban J connectivity index is 2.18. The highest BCUT2D eigenvalue weighted by Crippen LogP contribution is 2.14. The molecule has 1 atom stereocenters. The van der Waals surface area contributed by atoms with Crippen LogP contribution in [0.1, 0.15) is 24.2 Å². The van der Waals surface area contributed by atoms with Crippen molar-refractivity contribution >= 4 is 5.95 Å². The molecular weight excluding hydrogens is 190 g/mol. The van der Waals surface area contributed by atoms with Crippen molar-refractivity contribution in [3.63, 3.8) is 0 Å². The van der Waals surface area contributed by atoms with Gasteiger partial charge in [0.1, 0.15) is 0 Å². The molecule has 0 aromatic carbocycles. The van der Waals surface area contributed by atoms with Crippen LogP contribution in [0.3, 0.4) is 0 Å². The largest absolute Gasteiger partial charge is 0.338 e. The van der Waals surface area contributed by atoms with Gasteiger partial charge in [-0.2, -0.15) is 5.10 Å². The average Bonchev–Trinajstić information content (AvgIpc) is 2.22. The molecule has 2 heterocycles. The predicted octanol–water partition coefficient (Wildman–Crippen LogP) is 0.416. The highest BCUT2D eigenvalue weighted by atomic mass is 15.3. The SMILES string of the molecule is Cc1nnc(N2CCCC(N)C2)nc1C. The highest BCUT2D eigenvalue weighted by Gasteiger charge is 2.19. The van der Waals surface area contributed by atoms with Crippen LogP contribution in [-0.4, -0.2) is 34.3 Å². The summed E-state index contributed by atoms with van der Waals surface area (Å²) in [4.78, 5) is 6.55. The number of aromatic nitrogens is 3. The Hall–Kier alpha value is -1.23. The van der Waals surface area contributed by atoms with Gasteiger partial charge in [-0.05, 0) is 26.7 Å². The van der Waals surface area contributed by atoms with Gasteiger partial charge < -0.3 is 10.6 Å². The second kappa shape index (κ2) is 4.10. The Morgan fingerprint density at radius 2 is 2.07 bits per heavy atom. The lowest BCUT2D eigenvalue weighted by atomic mass is 10.1. The second-order valence-corrected chi connectivity index (χ2v) is 4.13. The minimum atomic E-state index is 0.240. The van der Waals surface area contributed by atoms with Crippen molar-refractivity contribution in [3.8, 4) is 0 Å². The second-order valence-electron chi connectivity index (χ2n) is 4.13. The van der Waals surface area contributed by atoms with E-state index in [1.54, 1.807) is 0 Å². The molecule has 0 radical (unpaired) electrons. The van der Waals surface area contributed by atoms with E-state index < -0.39 is 0 Å². The fraction of sp³-hybridized carbons (Fsp3) is 0.700. The standard InChI is InChI=1S/C10H17N5/c1-7-8(2)13-14-10(12-7)15-5-3-4-9(11)6-15/h9H,3-6,11H2,1-2H3. The molecule has 1 aromatic heterocycles. The van der Waals surface area contributed by atoms with Gasteiger partial charge in [-0.15, -0.1) is 5.10 Å². The molecule has 1 fully saturated rings. The van der Waals surface area contributed by atoms with E-state index in [9.17, 15) is 0 Å². The summed E-state index contributed by atoms with van der Waals surface area (Å²) in [6.45, 7) is 5.69. The number of anilines is 1. The summed E-state index contributed by atoms with van der Waals surface area (Å²) in [5, 5.41) is 8.19. The molecule has 0 aliphatic carbocycles. The van der Waals surface area contributed by atoms with E-state index in [-0.39, 0.29) is 6.04 Å². The molecular formula is C10H17N5. The van der Waals surface area contributed by atoms with Crippen molar-refractivity contribution < 1.29 is 0 Å². The van der Waals surface area contributed by atoms with E-state index >= 15 is 0 Å². The maximum atomic E-state index is 5.91. The lowest BCUT2D eigenvalue weighted by molar-refractivity contribution is 0.497. The number of piperidine rings is 1. The summed E-state index contributed by atoms with van der Waals surface area (Å²) in [6.07, 6.45) is 2.20. The summed E-state index contributed by atoms with van der Waals surface area (Å²) >= 11 is 0. The molecule has 5 nitrogen and oxygen atoms in total. The van der Waals surface area contributed by atoms with Gasteiger partial charge in [-0.25, -0.2) is 4.98 Å². The number of nitrogens with zero attached hydrogens (tertiary/aromatic N) is 4. The van der Waals surface area contributed by atoms with Gasteiger partial charge >= 0.3 is 0 Å². The number of rotatable bonds is 1. The van der Waals surface area contributed by atoms with Gasteiger partial charge in [0.15, 0.2) is 0 Å². The molecule has 0 spiro atoms. The molecule has 1 aliphatic heterocycles. The van der Waals surface area contributed by atoms with Gasteiger partial charge in [0.2, 0.25) is 5.95 Å². The summed E-state index contributed by atoms with van der Waals surface area (Å²) < 4.78 is 0. The van der Waals surface area contributed by atoms with Crippen LogP contribution in [0.5, 0.6) is 0 Å². The zero-order valence-electron chi connectivity index (χ0n) is 9.27. The zero-order valence-corrected chi connectivity index (χ0v) is 9.27. The third kappa shape index (κ3) is 2.23. The van der Waals surface area contributed by atoms with Crippen LogP contribution < -0.4 is 10.6 Å². The number of nitrogens with two attached hydrogens (primary N) is 1. The Kier molecular flexibility index (Phi) is 2.81. The Morgan fingerprint density at radius 3 is 2.73 bits per heavy atom. The molecule has 1 aliphatic rings. The topological polar surface area (TPSA) is 67.9 Å². The first-order valence-corrected chi connectivity index (χ1v) is 5.35. The van der Waals surface area contributed by atoms with Crippen LogP contribution in [0, 0.1) is 13.8 Å². The monoisotopic (exact) mass is 207 g/mol. The molecule has 0 saturated carbocycles. The van der Waals surface area contributed by atoms with Crippen molar-refractivity contribution in [3.05, 3.63) is 11.4 Å². The first kappa shape index (κ1) is 10.3. The Bertz CT molecular complexity index is 352. The molecule has 1 saturated heterocycles. The van der Waals surface area contributed by atoms with E-state index in [1.165, 1.54) is 0 Å². The number of aryl methyl sites for hydroxylation is 2. The van der Waals surface area contributed by atoms with E-state index in [1.807, 2.05) is 13.8 Å². The first-order valence-electron chi connectivity index (χ1n) is 5.35. The maximum absolute atomic E-state index is 5.91. The third-order valence-electron chi connectivity index (χ3n) is 2.82. The van der Waals surface area contributed by atoms with E-state index in [4.69, 9.17) is 5.73 Å². The van der Waals surface area contributed by atoms with Crippen LogP contribution in [0.15, 0.2) is 0 Å². The summed E-state index contributed by atoms with van der Waals surface area (Å²) in [5.74, 6) is 0.716. The fourth-order valence-corrected chi connectivity index (χ4v) is 1.77. The van der Waals surface area contributed by atoms with Crippen LogP contribution in [0.2, 0.25) is 0 Å². The molecule has 2 N–H and O–H groups in total. The van der Waals surface area contributed by atoms with E-state index in [2.05, 4.69) is 20.1 Å². The normalized spacial score (nSPS) is 21.8. The minimum absolute atomic E-state index is 0.240. The van der Waals surface area contributed by atoms with Crippen LogP contribution in [0.25, 0.3) is 0 Å². The molecule has 0 bridgehead atoms. The van der Waals surface area contributed by atoms with Crippen LogP contribution >= 0.6 is 0 Å². The van der Waals surface area contributed by atoms with Crippen molar-refractivity contribution in [2.45, 2.75) is 32.7 Å². The zero-order chi connectivity index (χ0) is 10.8. The predicted molar refractivity (Wildman–Crippen MR) is 58.7 cm³/mol. The van der Waals surface area contributed by atoms with Crippen molar-refractivity contribution in [2.75, 3.05) is 18.0 Å². The smallest absolute Gasteiger partial charge is 0.245 e. The maximum Gasteiger partial charge on any atom is 0.245 e. The Morgan fingerprint density at radius 1 is 1.27 bits per heavy atom. The van der Waals surface area contributed by atoms with Crippen molar-refractivity contribution in [1.29, 1.82) is 0 Å². The van der Waals surface area contributed by atoms with Crippen molar-refractivity contribution in [1.82, 2.24) is 15.2 Å². The molecule has 15 heavy (non-hydrogen) atoms. The molecule has 82 valence electrons. The number of hydrogen-bond acceptors (Lipinski definition) is 5. The molecule has 1 unspecified atom stereocenters. The van der Waals surface area contributed by atoms with Gasteiger partial charge in [-0.3, -0.25) is 0 Å². The van der Waals surface area contributed by atoms with Gasteiger partial charge in [0.05, 0.1) is 11.4 Å².